The van der Waals surface area contributed by atoms with Gasteiger partial charge in [0.1, 0.15) is 5.75 Å². The Bertz CT molecular complexity index is 956. The Morgan fingerprint density at radius 3 is 2.46 bits per heavy atom. The molecular weight excluding hydrogens is 361 g/mol. The number of nitrogens with zero attached hydrogens (tertiary/aromatic N) is 2. The predicted octanol–water partition coefficient (Wildman–Crippen LogP) is 5.50. The van der Waals surface area contributed by atoms with Gasteiger partial charge in [-0.15, -0.1) is 11.3 Å². The highest BCUT2D eigenvalue weighted by molar-refractivity contribution is 7.07. The number of rotatable bonds is 4. The summed E-state index contributed by atoms with van der Waals surface area (Å²) in [5, 5.41) is 1.96. The van der Waals surface area contributed by atoms with Gasteiger partial charge in [-0.2, -0.15) is 13.2 Å². The summed E-state index contributed by atoms with van der Waals surface area (Å²) in [6, 6.07) is 12.7. The molecule has 136 valence electrons. The molecule has 3 nitrogen and oxygen atoms in total. The zero-order valence-corrected chi connectivity index (χ0v) is 15.1. The minimum Gasteiger partial charge on any atom is -0.497 e. The van der Waals surface area contributed by atoms with Crippen LogP contribution in [0.25, 0.3) is 11.3 Å². The average Bonchev–Trinajstić information content (AvgIpc) is 3.04. The van der Waals surface area contributed by atoms with E-state index in [4.69, 9.17) is 4.74 Å². The average molecular weight is 378 g/mol. The van der Waals surface area contributed by atoms with Crippen LogP contribution in [0.2, 0.25) is 0 Å². The van der Waals surface area contributed by atoms with Crippen molar-refractivity contribution in [2.45, 2.75) is 19.6 Å². The number of methoxy groups -OCH3 is 1. The molecule has 1 aromatic heterocycles. The van der Waals surface area contributed by atoms with Crippen molar-refractivity contribution in [2.75, 3.05) is 7.11 Å². The number of halogens is 3. The summed E-state index contributed by atoms with van der Waals surface area (Å²) in [5.74, 6) is 0.765. The van der Waals surface area contributed by atoms with Crippen molar-refractivity contribution < 1.29 is 17.9 Å². The van der Waals surface area contributed by atoms with E-state index >= 15 is 0 Å². The quantitative estimate of drug-likeness (QED) is 0.589. The van der Waals surface area contributed by atoms with Crippen LogP contribution in [0.5, 0.6) is 5.75 Å². The highest BCUT2D eigenvalue weighted by Gasteiger charge is 2.30. The first-order valence-corrected chi connectivity index (χ1v) is 8.85. The zero-order chi connectivity index (χ0) is 18.7. The van der Waals surface area contributed by atoms with Crippen LogP contribution in [0.4, 0.5) is 18.9 Å². The minimum atomic E-state index is -4.38. The number of ether oxygens (including phenoxy) is 1. The molecule has 3 rings (SSSR count). The maximum atomic E-state index is 12.9. The van der Waals surface area contributed by atoms with Gasteiger partial charge in [-0.05, 0) is 55.0 Å². The molecule has 7 heteroatoms. The first-order chi connectivity index (χ1) is 12.4. The van der Waals surface area contributed by atoms with E-state index in [0.29, 0.717) is 11.3 Å². The van der Waals surface area contributed by atoms with Gasteiger partial charge in [0.15, 0.2) is 4.80 Å². The van der Waals surface area contributed by atoms with E-state index < -0.39 is 11.7 Å². The van der Waals surface area contributed by atoms with Gasteiger partial charge in [-0.25, -0.2) is 4.99 Å². The van der Waals surface area contributed by atoms with Crippen LogP contribution < -0.4 is 9.54 Å². The highest BCUT2D eigenvalue weighted by Crippen LogP contribution is 2.31. The first-order valence-electron chi connectivity index (χ1n) is 7.97. The van der Waals surface area contributed by atoms with Crippen LogP contribution in [-0.2, 0) is 12.7 Å². The zero-order valence-electron chi connectivity index (χ0n) is 14.2. The Morgan fingerprint density at radius 1 is 1.12 bits per heavy atom. The lowest BCUT2D eigenvalue weighted by Crippen LogP contribution is -2.14. The summed E-state index contributed by atoms with van der Waals surface area (Å²) >= 11 is 1.40. The first kappa shape index (κ1) is 18.3. The third-order valence-electron chi connectivity index (χ3n) is 3.90. The molecule has 1 heterocycles. The Labute approximate surface area is 153 Å². The van der Waals surface area contributed by atoms with E-state index in [-0.39, 0.29) is 5.69 Å². The van der Waals surface area contributed by atoms with Crippen LogP contribution >= 0.6 is 11.3 Å². The largest absolute Gasteiger partial charge is 0.497 e. The Balaban J connectivity index is 2.04. The normalized spacial score (nSPS) is 12.4. The van der Waals surface area contributed by atoms with E-state index in [0.717, 1.165) is 29.1 Å². The smallest absolute Gasteiger partial charge is 0.416 e. The van der Waals surface area contributed by atoms with Gasteiger partial charge in [0.05, 0.1) is 24.1 Å². The van der Waals surface area contributed by atoms with Gasteiger partial charge in [0.2, 0.25) is 0 Å². The molecular formula is C19H17F3N2OS. The Kier molecular flexibility index (Phi) is 5.18. The van der Waals surface area contributed by atoms with Crippen molar-refractivity contribution in [1.82, 2.24) is 4.57 Å². The molecule has 2 aromatic carbocycles. The summed E-state index contributed by atoms with van der Waals surface area (Å²) in [5.41, 5.74) is 1.54. The molecule has 0 aliphatic carbocycles. The van der Waals surface area contributed by atoms with Crippen molar-refractivity contribution >= 4 is 17.0 Å². The lowest BCUT2D eigenvalue weighted by molar-refractivity contribution is -0.137. The van der Waals surface area contributed by atoms with Crippen molar-refractivity contribution in [3.8, 4) is 17.0 Å². The van der Waals surface area contributed by atoms with Crippen molar-refractivity contribution in [3.05, 3.63) is 64.3 Å². The van der Waals surface area contributed by atoms with Crippen LogP contribution in [0.3, 0.4) is 0 Å². The number of alkyl halides is 3. The number of benzene rings is 2. The Morgan fingerprint density at radius 2 is 1.85 bits per heavy atom. The van der Waals surface area contributed by atoms with Crippen LogP contribution in [0, 0.1) is 0 Å². The third-order valence-corrected chi connectivity index (χ3v) is 4.76. The number of hydrogen-bond donors (Lipinski definition) is 0. The van der Waals surface area contributed by atoms with Gasteiger partial charge in [-0.3, -0.25) is 0 Å². The second kappa shape index (κ2) is 7.37. The SMILES string of the molecule is CCn1c(-c2ccc(OC)cc2)csc1=Nc1cccc(C(F)(F)F)c1. The van der Waals surface area contributed by atoms with E-state index in [1.165, 1.54) is 17.4 Å². The molecule has 0 atom stereocenters. The Hall–Kier alpha value is -2.54. The fourth-order valence-corrected chi connectivity index (χ4v) is 3.57. The predicted molar refractivity (Wildman–Crippen MR) is 96.6 cm³/mol. The molecule has 0 fully saturated rings. The molecule has 0 amide bonds. The molecule has 0 saturated heterocycles. The molecule has 3 aromatic rings. The molecule has 0 spiro atoms. The minimum absolute atomic E-state index is 0.283. The maximum Gasteiger partial charge on any atom is 0.416 e. The van der Waals surface area contributed by atoms with Crippen LogP contribution in [-0.4, -0.2) is 11.7 Å². The summed E-state index contributed by atoms with van der Waals surface area (Å²) in [7, 11) is 1.61. The highest BCUT2D eigenvalue weighted by atomic mass is 32.1. The second-order valence-electron chi connectivity index (χ2n) is 5.54. The van der Waals surface area contributed by atoms with E-state index in [1.807, 2.05) is 41.1 Å². The molecule has 0 aliphatic heterocycles. The molecule has 26 heavy (non-hydrogen) atoms. The molecule has 0 unspecified atom stereocenters. The van der Waals surface area contributed by atoms with Gasteiger partial charge >= 0.3 is 6.18 Å². The van der Waals surface area contributed by atoms with Gasteiger partial charge in [0.25, 0.3) is 0 Å². The fraction of sp³-hybridized carbons (Fsp3) is 0.211. The number of thiazole rings is 1. The topological polar surface area (TPSA) is 26.5 Å². The van der Waals surface area contributed by atoms with Crippen molar-refractivity contribution in [2.24, 2.45) is 4.99 Å². The van der Waals surface area contributed by atoms with E-state index in [1.54, 1.807) is 13.2 Å². The molecule has 0 aliphatic rings. The molecule has 0 radical (unpaired) electrons. The maximum absolute atomic E-state index is 12.9. The van der Waals surface area contributed by atoms with E-state index in [9.17, 15) is 13.2 Å². The van der Waals surface area contributed by atoms with Crippen molar-refractivity contribution in [3.63, 3.8) is 0 Å². The lowest BCUT2D eigenvalue weighted by Gasteiger charge is -2.08. The fourth-order valence-electron chi connectivity index (χ4n) is 2.58. The van der Waals surface area contributed by atoms with Gasteiger partial charge in [-0.1, -0.05) is 6.07 Å². The van der Waals surface area contributed by atoms with Crippen LogP contribution in [0.1, 0.15) is 12.5 Å². The summed E-state index contributed by atoms with van der Waals surface area (Å²) in [6.45, 7) is 2.63. The van der Waals surface area contributed by atoms with Crippen LogP contribution in [0.15, 0.2) is 58.9 Å². The molecule has 0 saturated carbocycles. The summed E-state index contributed by atoms with van der Waals surface area (Å²) < 4.78 is 45.8. The third kappa shape index (κ3) is 3.83. The monoisotopic (exact) mass is 378 g/mol. The lowest BCUT2D eigenvalue weighted by atomic mass is 10.1. The number of hydrogen-bond acceptors (Lipinski definition) is 3. The standard InChI is InChI=1S/C19H17F3N2OS/c1-3-24-17(13-7-9-16(25-2)10-8-13)12-26-18(24)23-15-6-4-5-14(11-15)19(20,21)22/h4-12H,3H2,1-2H3. The second-order valence-corrected chi connectivity index (χ2v) is 6.37. The summed E-state index contributed by atoms with van der Waals surface area (Å²) in [4.78, 5) is 5.07. The van der Waals surface area contributed by atoms with Crippen molar-refractivity contribution in [1.29, 1.82) is 0 Å². The number of aromatic nitrogens is 1. The van der Waals surface area contributed by atoms with Gasteiger partial charge in [0, 0.05) is 11.9 Å². The molecule has 0 N–H and O–H groups in total. The van der Waals surface area contributed by atoms with E-state index in [2.05, 4.69) is 4.99 Å². The summed E-state index contributed by atoms with van der Waals surface area (Å²) in [6.07, 6.45) is -4.38. The van der Waals surface area contributed by atoms with Gasteiger partial charge < -0.3 is 9.30 Å². The molecule has 0 bridgehead atoms.